The monoisotopic (exact) mass is 392 g/mol. The number of aryl methyl sites for hydroxylation is 4. The summed E-state index contributed by atoms with van der Waals surface area (Å²) in [7, 11) is 0. The minimum atomic E-state index is -0.478. The van der Waals surface area contributed by atoms with Crippen LogP contribution in [0.4, 0.5) is 17.2 Å². The Labute approximate surface area is 169 Å². The topological polar surface area (TPSA) is 115 Å². The van der Waals surface area contributed by atoms with E-state index in [2.05, 4.69) is 20.9 Å². The van der Waals surface area contributed by atoms with Crippen molar-refractivity contribution in [3.8, 4) is 0 Å². The van der Waals surface area contributed by atoms with E-state index in [4.69, 9.17) is 5.73 Å². The van der Waals surface area contributed by atoms with E-state index in [0.29, 0.717) is 5.69 Å². The number of benzene rings is 2. The van der Waals surface area contributed by atoms with Crippen LogP contribution in [0, 0.1) is 27.7 Å². The lowest BCUT2D eigenvalue weighted by atomic mass is 10.1. The summed E-state index contributed by atoms with van der Waals surface area (Å²) in [6.07, 6.45) is 0. The maximum Gasteiger partial charge on any atom is 0.280 e. The van der Waals surface area contributed by atoms with Gasteiger partial charge < -0.3 is 16.4 Å². The SMILES string of the molecule is Cc1cc(C)c(NC(=O)Cn2nnc(C(=O)Nc3ccccc3C)c2N)c(C)c1. The molecule has 0 aliphatic heterocycles. The molecule has 3 rings (SSSR count). The molecule has 1 heterocycles. The number of carbonyl (C=O) groups excluding carboxylic acids is 2. The molecule has 0 spiro atoms. The Morgan fingerprint density at radius 3 is 2.31 bits per heavy atom. The lowest BCUT2D eigenvalue weighted by Gasteiger charge is -2.13. The third-order valence-corrected chi connectivity index (χ3v) is 4.62. The number of aromatic nitrogens is 3. The number of rotatable bonds is 5. The van der Waals surface area contributed by atoms with E-state index in [9.17, 15) is 9.59 Å². The van der Waals surface area contributed by atoms with Crippen molar-refractivity contribution in [1.29, 1.82) is 0 Å². The molecule has 4 N–H and O–H groups in total. The number of amides is 2. The number of nitrogen functional groups attached to an aromatic ring is 1. The van der Waals surface area contributed by atoms with Gasteiger partial charge in [-0.25, -0.2) is 4.68 Å². The second-order valence-electron chi connectivity index (χ2n) is 7.07. The highest BCUT2D eigenvalue weighted by Crippen LogP contribution is 2.22. The van der Waals surface area contributed by atoms with Crippen molar-refractivity contribution < 1.29 is 9.59 Å². The Hall–Kier alpha value is -3.68. The summed E-state index contributed by atoms with van der Waals surface area (Å²) in [6.45, 7) is 7.62. The van der Waals surface area contributed by atoms with Crippen LogP contribution in [-0.4, -0.2) is 26.8 Å². The maximum absolute atomic E-state index is 12.5. The van der Waals surface area contributed by atoms with E-state index in [1.165, 1.54) is 4.68 Å². The van der Waals surface area contributed by atoms with Crippen molar-refractivity contribution >= 4 is 29.0 Å². The fourth-order valence-electron chi connectivity index (χ4n) is 3.19. The highest BCUT2D eigenvalue weighted by molar-refractivity contribution is 6.06. The molecule has 0 fully saturated rings. The number of carbonyl (C=O) groups is 2. The molecule has 0 aliphatic carbocycles. The lowest BCUT2D eigenvalue weighted by molar-refractivity contribution is -0.116. The number of nitrogens with zero attached hydrogens (tertiary/aromatic N) is 3. The number of para-hydroxylation sites is 1. The average molecular weight is 392 g/mol. The first-order valence-electron chi connectivity index (χ1n) is 9.20. The zero-order chi connectivity index (χ0) is 21.1. The van der Waals surface area contributed by atoms with Gasteiger partial charge in [0.15, 0.2) is 11.5 Å². The van der Waals surface area contributed by atoms with E-state index in [-0.39, 0.29) is 24.0 Å². The molecule has 0 unspecified atom stereocenters. The average Bonchev–Trinajstić information content (AvgIpc) is 3.00. The number of anilines is 3. The van der Waals surface area contributed by atoms with Crippen LogP contribution in [0.5, 0.6) is 0 Å². The van der Waals surface area contributed by atoms with Gasteiger partial charge in [0.2, 0.25) is 5.91 Å². The largest absolute Gasteiger partial charge is 0.382 e. The standard InChI is InChI=1S/C21H24N6O2/c1-12-9-14(3)18(15(4)10-12)24-17(28)11-27-20(22)19(25-26-27)21(29)23-16-8-6-5-7-13(16)2/h5-10H,11,22H2,1-4H3,(H,23,29)(H,24,28). The Morgan fingerprint density at radius 1 is 1.00 bits per heavy atom. The van der Waals surface area contributed by atoms with Gasteiger partial charge in [0, 0.05) is 11.4 Å². The molecule has 8 nitrogen and oxygen atoms in total. The zero-order valence-electron chi connectivity index (χ0n) is 16.9. The van der Waals surface area contributed by atoms with Crippen LogP contribution in [0.2, 0.25) is 0 Å². The van der Waals surface area contributed by atoms with Crippen molar-refractivity contribution in [2.45, 2.75) is 34.2 Å². The molecule has 0 saturated heterocycles. The molecule has 150 valence electrons. The van der Waals surface area contributed by atoms with Gasteiger partial charge in [-0.2, -0.15) is 0 Å². The van der Waals surface area contributed by atoms with E-state index in [1.807, 2.05) is 58.0 Å². The summed E-state index contributed by atoms with van der Waals surface area (Å²) in [6, 6.07) is 11.4. The van der Waals surface area contributed by atoms with Crippen LogP contribution in [-0.2, 0) is 11.3 Å². The van der Waals surface area contributed by atoms with Crippen LogP contribution in [0.15, 0.2) is 36.4 Å². The van der Waals surface area contributed by atoms with Crippen LogP contribution < -0.4 is 16.4 Å². The Morgan fingerprint density at radius 2 is 1.66 bits per heavy atom. The van der Waals surface area contributed by atoms with Crippen molar-refractivity contribution in [3.63, 3.8) is 0 Å². The smallest absolute Gasteiger partial charge is 0.280 e. The highest BCUT2D eigenvalue weighted by Gasteiger charge is 2.20. The fraction of sp³-hybridized carbons (Fsp3) is 0.238. The number of nitrogens with two attached hydrogens (primary N) is 1. The van der Waals surface area contributed by atoms with Gasteiger partial charge in [0.05, 0.1) is 0 Å². The molecular weight excluding hydrogens is 368 g/mol. The molecule has 1 aromatic heterocycles. The first-order chi connectivity index (χ1) is 13.8. The summed E-state index contributed by atoms with van der Waals surface area (Å²) >= 11 is 0. The molecule has 0 saturated carbocycles. The third kappa shape index (κ3) is 4.43. The molecule has 2 aromatic carbocycles. The molecule has 0 radical (unpaired) electrons. The number of hydrogen-bond acceptors (Lipinski definition) is 5. The van der Waals surface area contributed by atoms with Crippen LogP contribution in [0.25, 0.3) is 0 Å². The van der Waals surface area contributed by atoms with E-state index in [1.54, 1.807) is 6.07 Å². The van der Waals surface area contributed by atoms with Crippen molar-refractivity contribution in [1.82, 2.24) is 15.0 Å². The molecule has 0 bridgehead atoms. The van der Waals surface area contributed by atoms with Crippen molar-refractivity contribution in [3.05, 3.63) is 64.3 Å². The molecular formula is C21H24N6O2. The quantitative estimate of drug-likeness (QED) is 0.617. The third-order valence-electron chi connectivity index (χ3n) is 4.62. The minimum Gasteiger partial charge on any atom is -0.382 e. The van der Waals surface area contributed by atoms with E-state index >= 15 is 0 Å². The Balaban J connectivity index is 1.72. The van der Waals surface area contributed by atoms with Crippen LogP contribution in [0.3, 0.4) is 0 Å². The lowest BCUT2D eigenvalue weighted by Crippen LogP contribution is -2.22. The predicted octanol–water partition coefficient (Wildman–Crippen LogP) is 2.98. The fourth-order valence-corrected chi connectivity index (χ4v) is 3.19. The molecule has 29 heavy (non-hydrogen) atoms. The van der Waals surface area contributed by atoms with Gasteiger partial charge in [-0.1, -0.05) is 41.1 Å². The Kier molecular flexibility index (Phi) is 5.63. The summed E-state index contributed by atoms with van der Waals surface area (Å²) in [5, 5.41) is 13.3. The molecule has 0 aliphatic rings. The second-order valence-corrected chi connectivity index (χ2v) is 7.07. The van der Waals surface area contributed by atoms with Gasteiger partial charge in [-0.05, 0) is 50.5 Å². The molecule has 3 aromatic rings. The number of hydrogen-bond donors (Lipinski definition) is 3. The molecule has 8 heteroatoms. The highest BCUT2D eigenvalue weighted by atomic mass is 16.2. The maximum atomic E-state index is 12.5. The molecule has 0 atom stereocenters. The van der Waals surface area contributed by atoms with Gasteiger partial charge in [0.1, 0.15) is 6.54 Å². The van der Waals surface area contributed by atoms with Gasteiger partial charge in [0.25, 0.3) is 5.91 Å². The predicted molar refractivity (Wildman–Crippen MR) is 113 cm³/mol. The minimum absolute atomic E-state index is 0.0243. The van der Waals surface area contributed by atoms with Crippen molar-refractivity contribution in [2.75, 3.05) is 16.4 Å². The normalized spacial score (nSPS) is 10.6. The van der Waals surface area contributed by atoms with E-state index < -0.39 is 5.91 Å². The zero-order valence-corrected chi connectivity index (χ0v) is 16.9. The summed E-state index contributed by atoms with van der Waals surface area (Å²) < 4.78 is 1.21. The first-order valence-corrected chi connectivity index (χ1v) is 9.20. The van der Waals surface area contributed by atoms with Crippen LogP contribution >= 0.6 is 0 Å². The van der Waals surface area contributed by atoms with Crippen LogP contribution in [0.1, 0.15) is 32.7 Å². The summed E-state index contributed by atoms with van der Waals surface area (Å²) in [5.41, 5.74) is 11.4. The van der Waals surface area contributed by atoms with Gasteiger partial charge in [-0.3, -0.25) is 9.59 Å². The van der Waals surface area contributed by atoms with Crippen molar-refractivity contribution in [2.24, 2.45) is 0 Å². The Bertz CT molecular complexity index is 1060. The van der Waals surface area contributed by atoms with E-state index in [0.717, 1.165) is 27.9 Å². The summed E-state index contributed by atoms with van der Waals surface area (Å²) in [5.74, 6) is -0.750. The summed E-state index contributed by atoms with van der Waals surface area (Å²) in [4.78, 5) is 25.0. The number of nitrogens with one attached hydrogen (secondary N) is 2. The first kappa shape index (κ1) is 20.1. The molecule has 2 amide bonds. The second kappa shape index (κ2) is 8.14. The van der Waals surface area contributed by atoms with Gasteiger partial charge in [-0.15, -0.1) is 5.10 Å². The van der Waals surface area contributed by atoms with Gasteiger partial charge >= 0.3 is 0 Å².